The molecule has 0 spiro atoms. The fourth-order valence-corrected chi connectivity index (χ4v) is 2.76. The Morgan fingerprint density at radius 2 is 1.64 bits per heavy atom. The molecule has 14 heavy (non-hydrogen) atoms. The number of fused-ring (bicyclic) bond motifs is 3. The summed E-state index contributed by atoms with van der Waals surface area (Å²) in [6.07, 6.45) is 1.12. The third-order valence-electron chi connectivity index (χ3n) is 2.89. The minimum atomic E-state index is 1.12. The summed E-state index contributed by atoms with van der Waals surface area (Å²) in [6.45, 7) is 0. The van der Waals surface area contributed by atoms with E-state index in [0.717, 1.165) is 6.42 Å². The molecule has 0 atom stereocenters. The molecule has 0 aromatic heterocycles. The zero-order valence-electron chi connectivity index (χ0n) is 7.83. The summed E-state index contributed by atoms with van der Waals surface area (Å²) in [6, 6.07) is 15.4. The predicted octanol–water partition coefficient (Wildman–Crippen LogP) is 2.43. The van der Waals surface area contributed by atoms with Gasteiger partial charge in [0.25, 0.3) is 0 Å². The Morgan fingerprint density at radius 1 is 0.857 bits per heavy atom. The van der Waals surface area contributed by atoms with Crippen LogP contribution in [0.3, 0.4) is 0 Å². The van der Waals surface area contributed by atoms with Crippen molar-refractivity contribution in [3.05, 3.63) is 53.6 Å². The van der Waals surface area contributed by atoms with Crippen LogP contribution in [0.25, 0.3) is 11.1 Å². The molecule has 0 heterocycles. The third-order valence-corrected chi connectivity index (χ3v) is 3.73. The molecule has 0 fully saturated rings. The van der Waals surface area contributed by atoms with Crippen LogP contribution in [0.2, 0.25) is 0 Å². The van der Waals surface area contributed by atoms with E-state index < -0.39 is 0 Å². The molecule has 0 N–H and O–H groups in total. The Balaban J connectivity index is 2.33. The van der Waals surface area contributed by atoms with Crippen LogP contribution in [0.15, 0.2) is 42.5 Å². The molecule has 0 nitrogen and oxygen atoms in total. The standard InChI is InChI=1S/C13H9.Sc/c1-3-7-12-10(5-1)9-11-6-2-4-8-13(11)12;/h1-5,7-8H,9H2;. The van der Waals surface area contributed by atoms with E-state index in [9.17, 15) is 0 Å². The quantitative estimate of drug-likeness (QED) is 0.534. The fraction of sp³-hybridized carbons (Fsp3) is 0.0769. The van der Waals surface area contributed by atoms with E-state index in [1.54, 1.807) is 24.4 Å². The molecular formula is C13H9Sc. The van der Waals surface area contributed by atoms with Crippen molar-refractivity contribution in [3.63, 3.8) is 0 Å². The predicted molar refractivity (Wildman–Crippen MR) is 54.3 cm³/mol. The molecule has 64 valence electrons. The van der Waals surface area contributed by atoms with Gasteiger partial charge in [0.15, 0.2) is 0 Å². The van der Waals surface area contributed by atoms with E-state index in [1.165, 1.54) is 25.6 Å². The van der Waals surface area contributed by atoms with Gasteiger partial charge in [0.2, 0.25) is 0 Å². The van der Waals surface area contributed by atoms with Gasteiger partial charge < -0.3 is 0 Å². The van der Waals surface area contributed by atoms with E-state index in [-0.39, 0.29) is 0 Å². The molecule has 0 bridgehead atoms. The maximum atomic E-state index is 2.24. The zero-order valence-corrected chi connectivity index (χ0v) is 9.63. The van der Waals surface area contributed by atoms with Crippen LogP contribution in [0, 0.1) is 0 Å². The van der Waals surface area contributed by atoms with Gasteiger partial charge in [-0.2, -0.15) is 0 Å². The summed E-state index contributed by atoms with van der Waals surface area (Å²) in [7, 11) is 0. The summed E-state index contributed by atoms with van der Waals surface area (Å²) in [5.74, 6) is 0. The topological polar surface area (TPSA) is 0 Å². The Morgan fingerprint density at radius 3 is 2.57 bits per heavy atom. The first kappa shape index (κ1) is 8.60. The second kappa shape index (κ2) is 3.16. The van der Waals surface area contributed by atoms with Crippen molar-refractivity contribution in [2.75, 3.05) is 0 Å². The van der Waals surface area contributed by atoms with Crippen LogP contribution in [0.5, 0.6) is 0 Å². The third kappa shape index (κ3) is 1.15. The number of benzene rings is 2. The van der Waals surface area contributed by atoms with Crippen LogP contribution in [-0.4, -0.2) is 0 Å². The summed E-state index contributed by atoms with van der Waals surface area (Å²) in [4.78, 5) is 0. The molecule has 0 saturated carbocycles. The summed E-state index contributed by atoms with van der Waals surface area (Å²) < 4.78 is 1.48. The molecule has 1 aliphatic carbocycles. The monoisotopic (exact) mass is 210 g/mol. The van der Waals surface area contributed by atoms with Crippen molar-refractivity contribution in [2.45, 2.75) is 6.42 Å². The van der Waals surface area contributed by atoms with Crippen molar-refractivity contribution >= 4 is 3.32 Å². The average Bonchev–Trinajstić information content (AvgIpc) is 2.59. The van der Waals surface area contributed by atoms with Crippen LogP contribution in [0.1, 0.15) is 11.1 Å². The second-order valence-electron chi connectivity index (χ2n) is 3.71. The van der Waals surface area contributed by atoms with Crippen LogP contribution in [0.4, 0.5) is 0 Å². The molecule has 1 heteroatoms. The number of hydrogen-bond donors (Lipinski definition) is 0. The molecule has 0 radical (unpaired) electrons. The van der Waals surface area contributed by atoms with E-state index >= 15 is 0 Å². The molecule has 0 aliphatic heterocycles. The molecular weight excluding hydrogens is 201 g/mol. The summed E-state index contributed by atoms with van der Waals surface area (Å²) >= 11 is 1.73. The molecule has 2 aromatic carbocycles. The summed E-state index contributed by atoms with van der Waals surface area (Å²) in [5, 5.41) is 0. The Bertz CT molecular complexity index is 500. The molecule has 0 unspecified atom stereocenters. The number of rotatable bonds is 0. The van der Waals surface area contributed by atoms with Crippen molar-refractivity contribution < 1.29 is 24.4 Å². The first-order valence-electron chi connectivity index (χ1n) is 4.82. The minimum absolute atomic E-state index is 1.12. The summed E-state index contributed by atoms with van der Waals surface area (Å²) in [5.41, 5.74) is 5.89. The Labute approximate surface area is 98.5 Å². The van der Waals surface area contributed by atoms with E-state index in [1.807, 2.05) is 0 Å². The van der Waals surface area contributed by atoms with Crippen molar-refractivity contribution in [1.82, 2.24) is 0 Å². The van der Waals surface area contributed by atoms with Gasteiger partial charge in [-0.15, -0.1) is 0 Å². The van der Waals surface area contributed by atoms with Gasteiger partial charge in [0.1, 0.15) is 0 Å². The molecule has 0 amide bonds. The van der Waals surface area contributed by atoms with Crippen LogP contribution >= 0.6 is 0 Å². The SMILES string of the molecule is [Sc][c]1cccc2c1Cc1ccccc1-2. The number of hydrogen-bond acceptors (Lipinski definition) is 0. The van der Waals surface area contributed by atoms with Gasteiger partial charge in [0.05, 0.1) is 0 Å². The van der Waals surface area contributed by atoms with Gasteiger partial charge in [0, 0.05) is 0 Å². The fourth-order valence-electron chi connectivity index (χ4n) is 2.18. The molecule has 2 aromatic rings. The van der Waals surface area contributed by atoms with Crippen molar-refractivity contribution in [1.29, 1.82) is 0 Å². The van der Waals surface area contributed by atoms with Gasteiger partial charge in [-0.3, -0.25) is 0 Å². The van der Waals surface area contributed by atoms with E-state index in [0.29, 0.717) is 0 Å². The molecule has 0 saturated heterocycles. The van der Waals surface area contributed by atoms with Gasteiger partial charge in [-0.05, 0) is 0 Å². The van der Waals surface area contributed by atoms with Crippen molar-refractivity contribution in [3.8, 4) is 11.1 Å². The normalized spacial score (nSPS) is 12.2. The van der Waals surface area contributed by atoms with E-state index in [2.05, 4.69) is 42.5 Å². The first-order valence-corrected chi connectivity index (χ1v) is 5.72. The van der Waals surface area contributed by atoms with Crippen LogP contribution < -0.4 is 3.32 Å². The average molecular weight is 210 g/mol. The Kier molecular flexibility index (Phi) is 1.94. The molecule has 1 aliphatic rings. The van der Waals surface area contributed by atoms with Crippen molar-refractivity contribution in [2.24, 2.45) is 0 Å². The first-order chi connectivity index (χ1) is 6.86. The van der Waals surface area contributed by atoms with Gasteiger partial charge in [-0.1, -0.05) is 0 Å². The zero-order chi connectivity index (χ0) is 9.54. The van der Waals surface area contributed by atoms with E-state index in [4.69, 9.17) is 0 Å². The van der Waals surface area contributed by atoms with Gasteiger partial charge >= 0.3 is 98.8 Å². The maximum absolute atomic E-state index is 2.24. The van der Waals surface area contributed by atoms with Crippen LogP contribution in [-0.2, 0) is 30.8 Å². The Hall–Kier alpha value is -0.690. The van der Waals surface area contributed by atoms with Gasteiger partial charge in [-0.25, -0.2) is 0 Å². The second-order valence-corrected chi connectivity index (χ2v) is 4.68. The molecule has 3 rings (SSSR count).